The average Bonchev–Trinajstić information content (AvgIpc) is 2.52. The van der Waals surface area contributed by atoms with E-state index in [1.54, 1.807) is 0 Å². The van der Waals surface area contributed by atoms with E-state index in [1.807, 2.05) is 0 Å². The quantitative estimate of drug-likeness (QED) is 0.150. The Bertz CT molecular complexity index is 299. The summed E-state index contributed by atoms with van der Waals surface area (Å²) in [4.78, 5) is 45.3. The number of unbranched alkanes of at least 4 members (excludes halogenated alkanes) is 12. The van der Waals surface area contributed by atoms with Crippen LogP contribution in [0.25, 0.3) is 0 Å². The van der Waals surface area contributed by atoms with Crippen molar-refractivity contribution in [1.29, 1.82) is 0 Å². The largest absolute Gasteiger partial charge is 0.325 e. The van der Waals surface area contributed by atoms with Crippen LogP contribution in [0.15, 0.2) is 0 Å². The van der Waals surface area contributed by atoms with Gasteiger partial charge in [-0.05, 0) is 23.6 Å². The molecule has 0 saturated carbocycles. The van der Waals surface area contributed by atoms with Crippen molar-refractivity contribution in [3.05, 3.63) is 0 Å². The molecule has 0 atom stereocenters. The first-order chi connectivity index (χ1) is 12.8. The van der Waals surface area contributed by atoms with E-state index in [9.17, 15) is 0 Å². The Labute approximate surface area is 183 Å². The highest BCUT2D eigenvalue weighted by Crippen LogP contribution is 2.27. The molecule has 0 unspecified atom stereocenters. The van der Waals surface area contributed by atoms with Gasteiger partial charge in [0, 0.05) is 0 Å². The molecule has 6 N–H and O–H groups in total. The minimum Gasteiger partial charge on any atom is -0.325 e. The van der Waals surface area contributed by atoms with Crippen molar-refractivity contribution in [1.82, 2.24) is 0 Å². The van der Waals surface area contributed by atoms with Gasteiger partial charge < -0.3 is 29.4 Å². The SMILES string of the molecule is CCCCCCCCC.CCCCCCCCC.OP(O)(O)=S.OP(O)(O)=S. The predicted octanol–water partition coefficient (Wildman–Crippen LogP) is 5.89. The summed E-state index contributed by atoms with van der Waals surface area (Å²) in [6, 6.07) is 0. The molecule has 0 heterocycles. The Morgan fingerprint density at radius 3 is 0.607 bits per heavy atom. The summed E-state index contributed by atoms with van der Waals surface area (Å²) in [5.74, 6) is 0. The van der Waals surface area contributed by atoms with Crippen molar-refractivity contribution >= 4 is 37.1 Å². The molecule has 0 fully saturated rings. The van der Waals surface area contributed by atoms with Crippen molar-refractivity contribution < 1.29 is 29.4 Å². The Morgan fingerprint density at radius 1 is 0.393 bits per heavy atom. The molecule has 0 aromatic heterocycles. The van der Waals surface area contributed by atoms with E-state index in [4.69, 9.17) is 29.4 Å². The molecular weight excluding hydrogens is 438 g/mol. The summed E-state index contributed by atoms with van der Waals surface area (Å²) in [5, 5.41) is 0. The van der Waals surface area contributed by atoms with Gasteiger partial charge in [0.25, 0.3) is 0 Å². The smallest absolute Gasteiger partial charge is 0.319 e. The van der Waals surface area contributed by atoms with Crippen LogP contribution in [0, 0.1) is 0 Å². The molecule has 28 heavy (non-hydrogen) atoms. The zero-order valence-corrected chi connectivity index (χ0v) is 21.7. The van der Waals surface area contributed by atoms with Gasteiger partial charge in [-0.3, -0.25) is 0 Å². The van der Waals surface area contributed by atoms with Crippen molar-refractivity contribution in [2.24, 2.45) is 0 Å². The Hall–Kier alpha value is 1.06. The van der Waals surface area contributed by atoms with Crippen LogP contribution >= 0.6 is 13.4 Å². The molecule has 0 saturated heterocycles. The van der Waals surface area contributed by atoms with E-state index < -0.39 is 13.4 Å². The van der Waals surface area contributed by atoms with Crippen LogP contribution in [0.2, 0.25) is 0 Å². The van der Waals surface area contributed by atoms with Crippen molar-refractivity contribution in [2.45, 2.75) is 118 Å². The molecule has 0 bridgehead atoms. The minimum absolute atomic E-state index is 1.37. The molecule has 0 radical (unpaired) electrons. The molecule has 0 aliphatic carbocycles. The Kier molecular flexibility index (Phi) is 36.5. The fraction of sp³-hybridized carbons (Fsp3) is 1.00. The van der Waals surface area contributed by atoms with E-state index in [2.05, 4.69) is 51.3 Å². The maximum Gasteiger partial charge on any atom is 0.319 e. The van der Waals surface area contributed by atoms with E-state index in [0.717, 1.165) is 0 Å². The first-order valence-electron chi connectivity index (χ1n) is 10.4. The second-order valence-corrected chi connectivity index (χ2v) is 11.6. The molecule has 6 nitrogen and oxygen atoms in total. The van der Waals surface area contributed by atoms with E-state index in [-0.39, 0.29) is 0 Å². The fourth-order valence-electron chi connectivity index (χ4n) is 2.06. The summed E-state index contributed by atoms with van der Waals surface area (Å²) in [5.41, 5.74) is 0. The van der Waals surface area contributed by atoms with E-state index >= 15 is 0 Å². The average molecular weight is 485 g/mol. The summed E-state index contributed by atoms with van der Waals surface area (Å²) < 4.78 is 0. The van der Waals surface area contributed by atoms with Gasteiger partial charge >= 0.3 is 13.4 Å². The van der Waals surface area contributed by atoms with Crippen molar-refractivity contribution in [3.63, 3.8) is 0 Å². The molecule has 0 aliphatic heterocycles. The zero-order valence-electron chi connectivity index (χ0n) is 18.3. The standard InChI is InChI=1S/2C9H20.2H3O3PS/c2*1-3-5-7-9-8-6-4-2;2*1-4(2,3)5/h2*3-9H2,1-2H3;2*(H3,1,2,3,5). The minimum atomic E-state index is -3.81. The fourth-order valence-corrected chi connectivity index (χ4v) is 2.06. The zero-order chi connectivity index (χ0) is 22.9. The van der Waals surface area contributed by atoms with Gasteiger partial charge in [0.1, 0.15) is 0 Å². The van der Waals surface area contributed by atoms with Crippen LogP contribution in [-0.4, -0.2) is 29.4 Å². The third-order valence-electron chi connectivity index (χ3n) is 3.41. The van der Waals surface area contributed by atoms with Gasteiger partial charge in [-0.15, -0.1) is 0 Å². The topological polar surface area (TPSA) is 121 Å². The third kappa shape index (κ3) is 108. The summed E-state index contributed by atoms with van der Waals surface area (Å²) in [7, 11) is 0. The third-order valence-corrected chi connectivity index (χ3v) is 3.41. The lowest BCUT2D eigenvalue weighted by Crippen LogP contribution is -1.76. The lowest BCUT2D eigenvalue weighted by molar-refractivity contribution is 0.361. The molecule has 0 rings (SSSR count). The molecule has 176 valence electrons. The van der Waals surface area contributed by atoms with Crippen molar-refractivity contribution in [3.8, 4) is 0 Å². The van der Waals surface area contributed by atoms with Crippen LogP contribution in [0.4, 0.5) is 0 Å². The number of hydrogen-bond donors (Lipinski definition) is 6. The Morgan fingerprint density at radius 2 is 0.500 bits per heavy atom. The molecule has 0 aromatic rings. The maximum absolute atomic E-state index is 7.56. The second kappa shape index (κ2) is 28.1. The van der Waals surface area contributed by atoms with E-state index in [0.29, 0.717) is 0 Å². The monoisotopic (exact) mass is 484 g/mol. The normalized spacial score (nSPS) is 10.6. The molecule has 0 aromatic carbocycles. The number of hydrogen-bond acceptors (Lipinski definition) is 2. The van der Waals surface area contributed by atoms with Gasteiger partial charge in [0.2, 0.25) is 0 Å². The van der Waals surface area contributed by atoms with Gasteiger partial charge in [0.05, 0.1) is 0 Å². The molecule has 0 amide bonds. The molecule has 0 spiro atoms. The first kappa shape index (κ1) is 36.4. The highest BCUT2D eigenvalue weighted by molar-refractivity contribution is 8.06. The lowest BCUT2D eigenvalue weighted by atomic mass is 10.1. The maximum atomic E-state index is 7.56. The summed E-state index contributed by atoms with van der Waals surface area (Å²) in [6.07, 6.45) is 19.9. The predicted molar refractivity (Wildman–Crippen MR) is 129 cm³/mol. The van der Waals surface area contributed by atoms with Gasteiger partial charge in [-0.2, -0.15) is 0 Å². The molecular formula is C18H46O6P2S2. The van der Waals surface area contributed by atoms with Crippen LogP contribution in [-0.2, 0) is 23.6 Å². The lowest BCUT2D eigenvalue weighted by Gasteiger charge is -1.96. The van der Waals surface area contributed by atoms with Gasteiger partial charge in [-0.25, -0.2) is 0 Å². The van der Waals surface area contributed by atoms with Crippen LogP contribution in [0.5, 0.6) is 0 Å². The highest BCUT2D eigenvalue weighted by atomic mass is 32.5. The summed E-state index contributed by atoms with van der Waals surface area (Å²) >= 11 is 7.21. The number of rotatable bonds is 12. The summed E-state index contributed by atoms with van der Waals surface area (Å²) in [6.45, 7) is 1.44. The van der Waals surface area contributed by atoms with Crippen LogP contribution in [0.3, 0.4) is 0 Å². The molecule has 0 aliphatic rings. The first-order valence-corrected chi connectivity index (χ1v) is 15.7. The Balaban J connectivity index is -0.000000143. The van der Waals surface area contributed by atoms with Gasteiger partial charge in [0.15, 0.2) is 0 Å². The van der Waals surface area contributed by atoms with Crippen LogP contribution in [0.1, 0.15) is 118 Å². The highest BCUT2D eigenvalue weighted by Gasteiger charge is 1.92. The van der Waals surface area contributed by atoms with E-state index in [1.165, 1.54) is 89.9 Å². The van der Waals surface area contributed by atoms with Gasteiger partial charge in [-0.1, -0.05) is 118 Å². The molecule has 10 heteroatoms. The second-order valence-electron chi connectivity index (χ2n) is 6.56. The van der Waals surface area contributed by atoms with Crippen LogP contribution < -0.4 is 0 Å². The van der Waals surface area contributed by atoms with Crippen molar-refractivity contribution in [2.75, 3.05) is 0 Å².